The summed E-state index contributed by atoms with van der Waals surface area (Å²) in [4.78, 5) is 36.2. The number of carbonyl (C=O) groups is 2. The molecule has 138 valence electrons. The van der Waals surface area contributed by atoms with E-state index in [0.717, 1.165) is 5.56 Å². The van der Waals surface area contributed by atoms with Crippen molar-refractivity contribution in [1.82, 2.24) is 5.32 Å². The van der Waals surface area contributed by atoms with Gasteiger partial charge in [0.2, 0.25) is 5.91 Å². The largest absolute Gasteiger partial charge is 0.422 e. The van der Waals surface area contributed by atoms with E-state index in [2.05, 4.69) is 10.6 Å². The molecule has 27 heavy (non-hydrogen) atoms. The van der Waals surface area contributed by atoms with Crippen molar-refractivity contribution < 1.29 is 14.0 Å². The number of nitrogens with one attached hydrogen (secondary N) is 2. The predicted octanol–water partition coefficient (Wildman–Crippen LogP) is 3.32. The first-order valence-corrected chi connectivity index (χ1v) is 8.65. The van der Waals surface area contributed by atoms with Crippen LogP contribution >= 0.6 is 0 Å². The molecule has 0 fully saturated rings. The number of hydrogen-bond donors (Lipinski definition) is 2. The van der Waals surface area contributed by atoms with Crippen LogP contribution in [-0.4, -0.2) is 11.8 Å². The maximum absolute atomic E-state index is 12.4. The molecular weight excluding hydrogens is 344 g/mol. The molecule has 1 heterocycles. The van der Waals surface area contributed by atoms with Crippen molar-refractivity contribution in [2.75, 3.05) is 5.32 Å². The zero-order valence-corrected chi connectivity index (χ0v) is 15.1. The van der Waals surface area contributed by atoms with Gasteiger partial charge < -0.3 is 15.1 Å². The Labute approximate surface area is 156 Å². The van der Waals surface area contributed by atoms with Gasteiger partial charge in [-0.15, -0.1) is 0 Å². The fraction of sp³-hybridized carbons (Fsp3) is 0.190. The van der Waals surface area contributed by atoms with Gasteiger partial charge in [-0.2, -0.15) is 0 Å². The molecule has 0 spiro atoms. The van der Waals surface area contributed by atoms with E-state index in [1.165, 1.54) is 6.07 Å². The Balaban J connectivity index is 1.72. The van der Waals surface area contributed by atoms with Gasteiger partial charge in [0.05, 0.1) is 0 Å². The Hall–Kier alpha value is -3.41. The summed E-state index contributed by atoms with van der Waals surface area (Å²) in [7, 11) is 0. The SMILES string of the molecule is CC(C)C(=O)Nc1cccc(CNC(=O)c2cc3ccccc3oc2=O)c1. The molecule has 0 aliphatic rings. The van der Waals surface area contributed by atoms with E-state index in [1.54, 1.807) is 42.5 Å². The zero-order valence-electron chi connectivity index (χ0n) is 15.1. The van der Waals surface area contributed by atoms with Gasteiger partial charge in [-0.1, -0.05) is 44.2 Å². The molecule has 0 aliphatic carbocycles. The van der Waals surface area contributed by atoms with Crippen molar-refractivity contribution in [2.24, 2.45) is 5.92 Å². The van der Waals surface area contributed by atoms with Crippen LogP contribution in [0.4, 0.5) is 5.69 Å². The van der Waals surface area contributed by atoms with Crippen LogP contribution in [0.15, 0.2) is 63.8 Å². The van der Waals surface area contributed by atoms with E-state index in [-0.39, 0.29) is 23.9 Å². The first kappa shape index (κ1) is 18.4. The highest BCUT2D eigenvalue weighted by Gasteiger charge is 2.13. The van der Waals surface area contributed by atoms with Crippen molar-refractivity contribution in [3.63, 3.8) is 0 Å². The van der Waals surface area contributed by atoms with Crippen LogP contribution in [0.25, 0.3) is 11.0 Å². The Kier molecular flexibility index (Phi) is 5.35. The molecule has 2 aromatic carbocycles. The fourth-order valence-electron chi connectivity index (χ4n) is 2.54. The molecule has 0 atom stereocenters. The fourth-order valence-corrected chi connectivity index (χ4v) is 2.54. The number of fused-ring (bicyclic) bond motifs is 1. The quantitative estimate of drug-likeness (QED) is 0.680. The molecule has 6 heteroatoms. The number of hydrogen-bond acceptors (Lipinski definition) is 4. The van der Waals surface area contributed by atoms with Gasteiger partial charge in [-0.3, -0.25) is 9.59 Å². The molecule has 3 rings (SSSR count). The maximum Gasteiger partial charge on any atom is 0.349 e. The number of benzene rings is 2. The monoisotopic (exact) mass is 364 g/mol. The Morgan fingerprint density at radius 3 is 2.59 bits per heavy atom. The summed E-state index contributed by atoms with van der Waals surface area (Å²) in [5, 5.41) is 6.21. The second-order valence-corrected chi connectivity index (χ2v) is 6.51. The van der Waals surface area contributed by atoms with Crippen LogP contribution in [0.1, 0.15) is 29.8 Å². The van der Waals surface area contributed by atoms with Crippen LogP contribution in [0, 0.1) is 5.92 Å². The lowest BCUT2D eigenvalue weighted by Crippen LogP contribution is -2.27. The summed E-state index contributed by atoms with van der Waals surface area (Å²) in [6, 6.07) is 15.7. The lowest BCUT2D eigenvalue weighted by atomic mass is 10.1. The van der Waals surface area contributed by atoms with E-state index in [0.29, 0.717) is 16.7 Å². The van der Waals surface area contributed by atoms with Gasteiger partial charge in [-0.25, -0.2) is 4.79 Å². The summed E-state index contributed by atoms with van der Waals surface area (Å²) in [6.07, 6.45) is 0. The summed E-state index contributed by atoms with van der Waals surface area (Å²) in [5.41, 5.74) is 1.18. The van der Waals surface area contributed by atoms with E-state index in [9.17, 15) is 14.4 Å². The van der Waals surface area contributed by atoms with E-state index < -0.39 is 11.5 Å². The molecule has 1 aromatic heterocycles. The van der Waals surface area contributed by atoms with Crippen molar-refractivity contribution >= 4 is 28.5 Å². The molecule has 0 radical (unpaired) electrons. The van der Waals surface area contributed by atoms with Gasteiger partial charge in [0.15, 0.2) is 0 Å². The summed E-state index contributed by atoms with van der Waals surface area (Å²) in [5.74, 6) is -0.712. The summed E-state index contributed by atoms with van der Waals surface area (Å²) >= 11 is 0. The van der Waals surface area contributed by atoms with E-state index >= 15 is 0 Å². The van der Waals surface area contributed by atoms with Gasteiger partial charge in [-0.05, 0) is 29.8 Å². The molecular formula is C21H20N2O4. The molecule has 0 aliphatic heterocycles. The van der Waals surface area contributed by atoms with Crippen LogP contribution < -0.4 is 16.3 Å². The molecule has 0 bridgehead atoms. The molecule has 2 N–H and O–H groups in total. The normalized spacial score (nSPS) is 10.8. The van der Waals surface area contributed by atoms with Gasteiger partial charge in [0.25, 0.3) is 5.91 Å². The van der Waals surface area contributed by atoms with Crippen LogP contribution in [-0.2, 0) is 11.3 Å². The first-order valence-electron chi connectivity index (χ1n) is 8.65. The van der Waals surface area contributed by atoms with Crippen LogP contribution in [0.2, 0.25) is 0 Å². The van der Waals surface area contributed by atoms with E-state index in [4.69, 9.17) is 4.42 Å². The second kappa shape index (κ2) is 7.86. The third-order valence-corrected chi connectivity index (χ3v) is 4.06. The van der Waals surface area contributed by atoms with E-state index in [1.807, 2.05) is 19.9 Å². The lowest BCUT2D eigenvalue weighted by molar-refractivity contribution is -0.118. The van der Waals surface area contributed by atoms with Gasteiger partial charge >= 0.3 is 5.63 Å². The smallest absolute Gasteiger partial charge is 0.349 e. The minimum atomic E-state index is -0.677. The number of amides is 2. The summed E-state index contributed by atoms with van der Waals surface area (Å²) < 4.78 is 5.19. The number of carbonyl (C=O) groups excluding carboxylic acids is 2. The summed E-state index contributed by atoms with van der Waals surface area (Å²) in [6.45, 7) is 3.85. The average Bonchev–Trinajstić information content (AvgIpc) is 2.65. The van der Waals surface area contributed by atoms with Gasteiger partial charge in [0, 0.05) is 23.5 Å². The third kappa shape index (κ3) is 4.41. The second-order valence-electron chi connectivity index (χ2n) is 6.51. The van der Waals surface area contributed by atoms with Crippen molar-refractivity contribution in [3.05, 3.63) is 76.1 Å². The number of para-hydroxylation sites is 1. The number of rotatable bonds is 5. The molecule has 6 nitrogen and oxygen atoms in total. The van der Waals surface area contributed by atoms with Crippen molar-refractivity contribution in [1.29, 1.82) is 0 Å². The molecule has 0 saturated heterocycles. The van der Waals surface area contributed by atoms with Gasteiger partial charge in [0.1, 0.15) is 11.1 Å². The highest BCUT2D eigenvalue weighted by Crippen LogP contribution is 2.14. The Morgan fingerprint density at radius 1 is 1.04 bits per heavy atom. The molecule has 2 amide bonds. The molecule has 3 aromatic rings. The predicted molar refractivity (Wildman–Crippen MR) is 104 cm³/mol. The Bertz CT molecular complexity index is 1050. The third-order valence-electron chi connectivity index (χ3n) is 4.06. The minimum Gasteiger partial charge on any atom is -0.422 e. The molecule has 0 saturated carbocycles. The highest BCUT2D eigenvalue weighted by atomic mass is 16.4. The maximum atomic E-state index is 12.4. The minimum absolute atomic E-state index is 0.0436. The van der Waals surface area contributed by atoms with Crippen LogP contribution in [0.5, 0.6) is 0 Å². The standard InChI is InChI=1S/C21H20N2O4/c1-13(2)19(24)23-16-8-5-6-14(10-16)12-22-20(25)17-11-15-7-3-4-9-18(15)27-21(17)26/h3-11,13H,12H2,1-2H3,(H,22,25)(H,23,24). The topological polar surface area (TPSA) is 88.4 Å². The molecule has 0 unspecified atom stereocenters. The highest BCUT2D eigenvalue weighted by molar-refractivity contribution is 5.96. The first-order chi connectivity index (χ1) is 12.9. The van der Waals surface area contributed by atoms with Crippen LogP contribution in [0.3, 0.4) is 0 Å². The van der Waals surface area contributed by atoms with Crippen molar-refractivity contribution in [3.8, 4) is 0 Å². The zero-order chi connectivity index (χ0) is 19.4. The average molecular weight is 364 g/mol. The number of anilines is 1. The van der Waals surface area contributed by atoms with Crippen molar-refractivity contribution in [2.45, 2.75) is 20.4 Å². The lowest BCUT2D eigenvalue weighted by Gasteiger charge is -2.10. The Morgan fingerprint density at radius 2 is 1.81 bits per heavy atom.